The number of amides is 1. The molecule has 1 aliphatic rings. The molecule has 0 unspecified atom stereocenters. The molecule has 3 heterocycles. The number of benzene rings is 2. The maximum absolute atomic E-state index is 13.5. The van der Waals surface area contributed by atoms with Crippen molar-refractivity contribution in [1.29, 1.82) is 0 Å². The molecule has 2 aromatic carbocycles. The van der Waals surface area contributed by atoms with Gasteiger partial charge in [-0.3, -0.25) is 14.2 Å². The quantitative estimate of drug-likeness (QED) is 0.476. The van der Waals surface area contributed by atoms with E-state index in [9.17, 15) is 14.0 Å². The minimum absolute atomic E-state index is 0.0938. The standard InChI is InChI=1S/C24H20FN3O2S/c1-15-20-22(26-14-27(23(20)29)13-16-6-4-9-18(25)12-16)31-21(15)24(30)28-11-5-8-17-7-2-3-10-19(17)28/h2-4,6-7,9-10,12,14H,5,8,11,13H2,1H3. The van der Waals surface area contributed by atoms with Crippen LogP contribution < -0.4 is 10.5 Å². The second-order valence-electron chi connectivity index (χ2n) is 7.73. The number of fused-ring (bicyclic) bond motifs is 2. The summed E-state index contributed by atoms with van der Waals surface area (Å²) < 4.78 is 15.0. The fraction of sp³-hybridized carbons (Fsp3) is 0.208. The zero-order valence-electron chi connectivity index (χ0n) is 17.0. The van der Waals surface area contributed by atoms with Gasteiger partial charge in [-0.25, -0.2) is 9.37 Å². The maximum Gasteiger partial charge on any atom is 0.268 e. The average molecular weight is 434 g/mol. The first-order valence-corrected chi connectivity index (χ1v) is 11.0. The highest BCUT2D eigenvalue weighted by Gasteiger charge is 2.27. The Morgan fingerprint density at radius 2 is 2.03 bits per heavy atom. The van der Waals surface area contributed by atoms with Gasteiger partial charge < -0.3 is 4.90 Å². The highest BCUT2D eigenvalue weighted by molar-refractivity contribution is 7.20. The number of anilines is 1. The molecule has 2 aromatic heterocycles. The molecule has 4 aromatic rings. The molecule has 5 nitrogen and oxygen atoms in total. The van der Waals surface area contributed by atoms with Crippen molar-refractivity contribution in [2.75, 3.05) is 11.4 Å². The van der Waals surface area contributed by atoms with Gasteiger partial charge in [-0.2, -0.15) is 0 Å². The number of hydrogen-bond acceptors (Lipinski definition) is 4. The number of halogens is 1. The number of carbonyl (C=O) groups excluding carboxylic acids is 1. The predicted octanol–water partition coefficient (Wildman–Crippen LogP) is 4.55. The van der Waals surface area contributed by atoms with Gasteiger partial charge in [-0.15, -0.1) is 11.3 Å². The Kier molecular flexibility index (Phi) is 4.90. The van der Waals surface area contributed by atoms with Crippen molar-refractivity contribution in [2.45, 2.75) is 26.3 Å². The van der Waals surface area contributed by atoms with Crippen LogP contribution in [0.2, 0.25) is 0 Å². The lowest BCUT2D eigenvalue weighted by Crippen LogP contribution is -2.35. The van der Waals surface area contributed by atoms with Crippen LogP contribution in [0.5, 0.6) is 0 Å². The second kappa shape index (κ2) is 7.74. The van der Waals surface area contributed by atoms with Crippen LogP contribution in [0.1, 0.15) is 32.8 Å². The Morgan fingerprint density at radius 3 is 2.87 bits per heavy atom. The van der Waals surface area contributed by atoms with Gasteiger partial charge in [0.15, 0.2) is 0 Å². The first kappa shape index (κ1) is 19.6. The number of carbonyl (C=O) groups is 1. The lowest BCUT2D eigenvalue weighted by atomic mass is 10.0. The third kappa shape index (κ3) is 3.45. The summed E-state index contributed by atoms with van der Waals surface area (Å²) in [5, 5.41) is 0.456. The largest absolute Gasteiger partial charge is 0.307 e. The molecule has 0 aliphatic carbocycles. The molecule has 0 spiro atoms. The Labute approximate surface area is 182 Å². The zero-order chi connectivity index (χ0) is 21.5. The normalized spacial score (nSPS) is 13.4. The van der Waals surface area contributed by atoms with Crippen molar-refractivity contribution in [1.82, 2.24) is 9.55 Å². The van der Waals surface area contributed by atoms with Crippen LogP contribution in [0.15, 0.2) is 59.7 Å². The number of thiophene rings is 1. The molecule has 0 atom stereocenters. The Morgan fingerprint density at radius 1 is 1.19 bits per heavy atom. The monoisotopic (exact) mass is 433 g/mol. The van der Waals surface area contributed by atoms with E-state index in [2.05, 4.69) is 11.1 Å². The van der Waals surface area contributed by atoms with Gasteiger partial charge in [0.25, 0.3) is 11.5 Å². The molecule has 156 valence electrons. The summed E-state index contributed by atoms with van der Waals surface area (Å²) in [6, 6.07) is 14.1. The summed E-state index contributed by atoms with van der Waals surface area (Å²) in [6.45, 7) is 2.68. The molecule has 31 heavy (non-hydrogen) atoms. The van der Waals surface area contributed by atoms with Gasteiger partial charge >= 0.3 is 0 Å². The SMILES string of the molecule is Cc1c(C(=O)N2CCCc3ccccc32)sc2ncn(Cc3cccc(F)c3)c(=O)c12. The van der Waals surface area contributed by atoms with Crippen LogP contribution in [-0.4, -0.2) is 22.0 Å². The number of nitrogens with zero attached hydrogens (tertiary/aromatic N) is 3. The first-order chi connectivity index (χ1) is 15.0. The number of aryl methyl sites for hydroxylation is 2. The van der Waals surface area contributed by atoms with Crippen LogP contribution in [-0.2, 0) is 13.0 Å². The van der Waals surface area contributed by atoms with E-state index in [1.54, 1.807) is 19.1 Å². The Bertz CT molecular complexity index is 1380. The van der Waals surface area contributed by atoms with Gasteiger partial charge in [0.05, 0.1) is 23.1 Å². The van der Waals surface area contributed by atoms with Crippen molar-refractivity contribution in [3.63, 3.8) is 0 Å². The summed E-state index contributed by atoms with van der Waals surface area (Å²) in [6.07, 6.45) is 3.33. The summed E-state index contributed by atoms with van der Waals surface area (Å²) in [5.74, 6) is -0.440. The van der Waals surface area contributed by atoms with Gasteiger partial charge in [-0.1, -0.05) is 30.3 Å². The molecular weight excluding hydrogens is 413 g/mol. The molecule has 0 fully saturated rings. The van der Waals surface area contributed by atoms with Crippen molar-refractivity contribution in [3.8, 4) is 0 Å². The third-order valence-electron chi connectivity index (χ3n) is 5.71. The molecule has 0 radical (unpaired) electrons. The van der Waals surface area contributed by atoms with Gasteiger partial charge in [-0.05, 0) is 54.7 Å². The molecule has 1 aliphatic heterocycles. The summed E-state index contributed by atoms with van der Waals surface area (Å²) in [5.41, 5.74) is 3.21. The fourth-order valence-electron chi connectivity index (χ4n) is 4.17. The number of para-hydroxylation sites is 1. The first-order valence-electron chi connectivity index (χ1n) is 10.2. The molecule has 0 saturated carbocycles. The minimum Gasteiger partial charge on any atom is -0.307 e. The van der Waals surface area contributed by atoms with E-state index in [4.69, 9.17) is 0 Å². The van der Waals surface area contributed by atoms with E-state index >= 15 is 0 Å². The summed E-state index contributed by atoms with van der Waals surface area (Å²) in [7, 11) is 0. The molecule has 7 heteroatoms. The average Bonchev–Trinajstić information content (AvgIpc) is 3.12. The van der Waals surface area contributed by atoms with Crippen LogP contribution >= 0.6 is 11.3 Å². The minimum atomic E-state index is -0.346. The van der Waals surface area contributed by atoms with E-state index < -0.39 is 0 Å². The Hall–Kier alpha value is -3.32. The fourth-order valence-corrected chi connectivity index (χ4v) is 5.26. The third-order valence-corrected chi connectivity index (χ3v) is 6.90. The van der Waals surface area contributed by atoms with Crippen molar-refractivity contribution >= 4 is 33.1 Å². The molecule has 0 saturated heterocycles. The van der Waals surface area contributed by atoms with E-state index in [0.29, 0.717) is 32.8 Å². The maximum atomic E-state index is 13.5. The number of rotatable bonds is 3. The van der Waals surface area contributed by atoms with E-state index in [-0.39, 0.29) is 23.8 Å². The molecule has 5 rings (SSSR count). The second-order valence-corrected chi connectivity index (χ2v) is 8.73. The van der Waals surface area contributed by atoms with Crippen LogP contribution in [0.25, 0.3) is 10.2 Å². The van der Waals surface area contributed by atoms with E-state index in [1.807, 2.05) is 23.1 Å². The summed E-state index contributed by atoms with van der Waals surface area (Å²) in [4.78, 5) is 33.9. The van der Waals surface area contributed by atoms with Gasteiger partial charge in [0, 0.05) is 12.2 Å². The van der Waals surface area contributed by atoms with Crippen molar-refractivity contribution in [3.05, 3.63) is 92.6 Å². The topological polar surface area (TPSA) is 55.2 Å². The van der Waals surface area contributed by atoms with Crippen LogP contribution in [0.4, 0.5) is 10.1 Å². The number of aromatic nitrogens is 2. The highest BCUT2D eigenvalue weighted by atomic mass is 32.1. The van der Waals surface area contributed by atoms with E-state index in [1.165, 1.54) is 34.4 Å². The lowest BCUT2D eigenvalue weighted by Gasteiger charge is -2.29. The number of hydrogen-bond donors (Lipinski definition) is 0. The highest BCUT2D eigenvalue weighted by Crippen LogP contribution is 2.33. The predicted molar refractivity (Wildman–Crippen MR) is 121 cm³/mol. The van der Waals surface area contributed by atoms with Gasteiger partial charge in [0.2, 0.25) is 0 Å². The Balaban J connectivity index is 1.54. The molecule has 0 N–H and O–H groups in total. The lowest BCUT2D eigenvalue weighted by molar-refractivity contribution is 0.0988. The van der Waals surface area contributed by atoms with Crippen LogP contribution in [0, 0.1) is 12.7 Å². The zero-order valence-corrected chi connectivity index (χ0v) is 17.8. The van der Waals surface area contributed by atoms with Crippen LogP contribution in [0.3, 0.4) is 0 Å². The molecule has 1 amide bonds. The summed E-state index contributed by atoms with van der Waals surface area (Å²) >= 11 is 1.26. The molecular formula is C24H20FN3O2S. The van der Waals surface area contributed by atoms with Crippen molar-refractivity contribution in [2.24, 2.45) is 0 Å². The smallest absolute Gasteiger partial charge is 0.268 e. The van der Waals surface area contributed by atoms with E-state index in [0.717, 1.165) is 24.1 Å². The molecule has 0 bridgehead atoms. The van der Waals surface area contributed by atoms with Gasteiger partial charge in [0.1, 0.15) is 10.6 Å². The van der Waals surface area contributed by atoms with Crippen molar-refractivity contribution < 1.29 is 9.18 Å².